The van der Waals surface area contributed by atoms with Crippen LogP contribution in [0, 0.1) is 0 Å². The van der Waals surface area contributed by atoms with Gasteiger partial charge in [-0.25, -0.2) is 0 Å². The Bertz CT molecular complexity index is 422. The quantitative estimate of drug-likeness (QED) is 0.881. The Labute approximate surface area is 108 Å². The Morgan fingerprint density at radius 2 is 2.22 bits per heavy atom. The van der Waals surface area contributed by atoms with E-state index < -0.39 is 0 Å². The minimum atomic E-state index is 0.351. The van der Waals surface area contributed by atoms with Gasteiger partial charge in [0, 0.05) is 32.2 Å². The fourth-order valence-electron chi connectivity index (χ4n) is 2.69. The highest BCUT2D eigenvalue weighted by Crippen LogP contribution is 2.33. The standard InChI is InChI=1S/C14H20N2O2/c1-2-12-8-15-5-6-16(12)9-11-3-4-13-14(7-11)18-10-17-13/h3-4,7,12,15H,2,5-6,8-10H2,1H3. The molecular weight excluding hydrogens is 228 g/mol. The molecule has 0 spiro atoms. The molecule has 4 nitrogen and oxygen atoms in total. The lowest BCUT2D eigenvalue weighted by Crippen LogP contribution is -2.50. The molecule has 1 unspecified atom stereocenters. The molecule has 2 aliphatic heterocycles. The molecule has 3 rings (SSSR count). The van der Waals surface area contributed by atoms with E-state index in [-0.39, 0.29) is 0 Å². The van der Waals surface area contributed by atoms with Crippen molar-refractivity contribution in [3.8, 4) is 11.5 Å². The summed E-state index contributed by atoms with van der Waals surface area (Å²) in [5.74, 6) is 1.75. The second-order valence-electron chi connectivity index (χ2n) is 4.92. The second kappa shape index (κ2) is 5.16. The Kier molecular flexibility index (Phi) is 3.39. The third-order valence-electron chi connectivity index (χ3n) is 3.77. The molecule has 0 aromatic heterocycles. The first-order valence-corrected chi connectivity index (χ1v) is 6.70. The number of rotatable bonds is 3. The van der Waals surface area contributed by atoms with E-state index in [0.717, 1.165) is 37.7 Å². The van der Waals surface area contributed by atoms with Crippen molar-refractivity contribution < 1.29 is 9.47 Å². The number of hydrogen-bond acceptors (Lipinski definition) is 4. The van der Waals surface area contributed by atoms with Gasteiger partial charge < -0.3 is 14.8 Å². The first kappa shape index (κ1) is 11.8. The number of hydrogen-bond donors (Lipinski definition) is 1. The summed E-state index contributed by atoms with van der Waals surface area (Å²) in [5.41, 5.74) is 1.31. The Hall–Kier alpha value is -1.26. The summed E-state index contributed by atoms with van der Waals surface area (Å²) in [6.45, 7) is 6.90. The SMILES string of the molecule is CCC1CNCCN1Cc1ccc2c(c1)OCO2. The molecule has 98 valence electrons. The summed E-state index contributed by atoms with van der Waals surface area (Å²) in [6, 6.07) is 6.91. The van der Waals surface area contributed by atoms with Crippen LogP contribution in [0.3, 0.4) is 0 Å². The molecule has 0 radical (unpaired) electrons. The molecule has 2 aliphatic rings. The first-order valence-electron chi connectivity index (χ1n) is 6.70. The maximum atomic E-state index is 5.43. The number of piperazine rings is 1. The Balaban J connectivity index is 1.71. The van der Waals surface area contributed by atoms with Crippen LogP contribution in [0.4, 0.5) is 0 Å². The molecule has 1 aromatic carbocycles. The van der Waals surface area contributed by atoms with Gasteiger partial charge in [0.05, 0.1) is 0 Å². The molecular formula is C14H20N2O2. The van der Waals surface area contributed by atoms with E-state index in [2.05, 4.69) is 29.3 Å². The maximum Gasteiger partial charge on any atom is 0.231 e. The second-order valence-corrected chi connectivity index (χ2v) is 4.92. The van der Waals surface area contributed by atoms with E-state index in [1.807, 2.05) is 6.07 Å². The van der Waals surface area contributed by atoms with Gasteiger partial charge in [0.15, 0.2) is 11.5 Å². The summed E-state index contributed by atoms with van der Waals surface area (Å²) in [5, 5.41) is 3.46. The molecule has 0 bridgehead atoms. The van der Waals surface area contributed by atoms with Crippen LogP contribution in [0.1, 0.15) is 18.9 Å². The summed E-state index contributed by atoms with van der Waals surface area (Å²) < 4.78 is 10.8. The van der Waals surface area contributed by atoms with Crippen LogP contribution in [0.2, 0.25) is 0 Å². The number of fused-ring (bicyclic) bond motifs is 1. The molecule has 1 N–H and O–H groups in total. The van der Waals surface area contributed by atoms with Crippen LogP contribution in [0.25, 0.3) is 0 Å². The van der Waals surface area contributed by atoms with Gasteiger partial charge in [-0.1, -0.05) is 13.0 Å². The summed E-state index contributed by atoms with van der Waals surface area (Å²) in [6.07, 6.45) is 1.19. The Morgan fingerprint density at radius 3 is 3.11 bits per heavy atom. The van der Waals surface area contributed by atoms with E-state index in [0.29, 0.717) is 12.8 Å². The number of nitrogens with zero attached hydrogens (tertiary/aromatic N) is 1. The molecule has 1 fully saturated rings. The number of benzene rings is 1. The van der Waals surface area contributed by atoms with Crippen LogP contribution >= 0.6 is 0 Å². The normalized spacial score (nSPS) is 23.3. The molecule has 0 aliphatic carbocycles. The molecule has 0 saturated carbocycles. The van der Waals surface area contributed by atoms with Gasteiger partial charge in [0.1, 0.15) is 0 Å². The molecule has 2 heterocycles. The molecule has 18 heavy (non-hydrogen) atoms. The summed E-state index contributed by atoms with van der Waals surface area (Å²) in [7, 11) is 0. The largest absolute Gasteiger partial charge is 0.454 e. The molecule has 1 saturated heterocycles. The smallest absolute Gasteiger partial charge is 0.231 e. The van der Waals surface area contributed by atoms with Crippen LogP contribution in [-0.4, -0.2) is 37.4 Å². The van der Waals surface area contributed by atoms with Gasteiger partial charge in [0.25, 0.3) is 0 Å². The highest BCUT2D eigenvalue weighted by atomic mass is 16.7. The van der Waals surface area contributed by atoms with Gasteiger partial charge in [-0.2, -0.15) is 0 Å². The molecule has 1 atom stereocenters. The van der Waals surface area contributed by atoms with Gasteiger partial charge in [-0.15, -0.1) is 0 Å². The monoisotopic (exact) mass is 248 g/mol. The van der Waals surface area contributed by atoms with Crippen molar-refractivity contribution >= 4 is 0 Å². The van der Waals surface area contributed by atoms with Crippen molar-refractivity contribution in [1.29, 1.82) is 0 Å². The van der Waals surface area contributed by atoms with Crippen molar-refractivity contribution in [2.75, 3.05) is 26.4 Å². The maximum absolute atomic E-state index is 5.43. The van der Waals surface area contributed by atoms with Gasteiger partial charge in [-0.05, 0) is 24.1 Å². The molecule has 4 heteroatoms. The number of ether oxygens (including phenoxy) is 2. The minimum Gasteiger partial charge on any atom is -0.454 e. The van der Waals surface area contributed by atoms with Crippen molar-refractivity contribution in [1.82, 2.24) is 10.2 Å². The molecule has 1 aromatic rings. The third-order valence-corrected chi connectivity index (χ3v) is 3.77. The van der Waals surface area contributed by atoms with Gasteiger partial charge in [-0.3, -0.25) is 4.90 Å². The van der Waals surface area contributed by atoms with E-state index in [4.69, 9.17) is 9.47 Å². The van der Waals surface area contributed by atoms with Crippen LogP contribution in [-0.2, 0) is 6.54 Å². The average Bonchev–Trinajstić information content (AvgIpc) is 2.87. The third kappa shape index (κ3) is 2.31. The summed E-state index contributed by atoms with van der Waals surface area (Å²) in [4.78, 5) is 2.55. The fraction of sp³-hybridized carbons (Fsp3) is 0.571. The van der Waals surface area contributed by atoms with Crippen LogP contribution in [0.5, 0.6) is 11.5 Å². The van der Waals surface area contributed by atoms with Crippen LogP contribution in [0.15, 0.2) is 18.2 Å². The number of nitrogens with one attached hydrogen (secondary N) is 1. The Morgan fingerprint density at radius 1 is 1.33 bits per heavy atom. The first-order chi connectivity index (χ1) is 8.86. The zero-order valence-corrected chi connectivity index (χ0v) is 10.8. The van der Waals surface area contributed by atoms with Gasteiger partial charge in [0.2, 0.25) is 6.79 Å². The van der Waals surface area contributed by atoms with Crippen molar-refractivity contribution in [3.05, 3.63) is 23.8 Å². The lowest BCUT2D eigenvalue weighted by molar-refractivity contribution is 0.149. The molecule has 0 amide bonds. The zero-order chi connectivity index (χ0) is 12.4. The topological polar surface area (TPSA) is 33.7 Å². The van der Waals surface area contributed by atoms with Gasteiger partial charge >= 0.3 is 0 Å². The zero-order valence-electron chi connectivity index (χ0n) is 10.8. The predicted molar refractivity (Wildman–Crippen MR) is 69.9 cm³/mol. The minimum absolute atomic E-state index is 0.351. The highest BCUT2D eigenvalue weighted by molar-refractivity contribution is 5.44. The van der Waals surface area contributed by atoms with E-state index in [1.165, 1.54) is 12.0 Å². The van der Waals surface area contributed by atoms with E-state index >= 15 is 0 Å². The fourth-order valence-corrected chi connectivity index (χ4v) is 2.69. The summed E-state index contributed by atoms with van der Waals surface area (Å²) >= 11 is 0. The predicted octanol–water partition coefficient (Wildman–Crippen LogP) is 1.60. The lowest BCUT2D eigenvalue weighted by atomic mass is 10.1. The van der Waals surface area contributed by atoms with E-state index in [1.54, 1.807) is 0 Å². The van der Waals surface area contributed by atoms with Crippen LogP contribution < -0.4 is 14.8 Å². The van der Waals surface area contributed by atoms with Crippen molar-refractivity contribution in [2.45, 2.75) is 25.9 Å². The lowest BCUT2D eigenvalue weighted by Gasteiger charge is -2.35. The van der Waals surface area contributed by atoms with Crippen molar-refractivity contribution in [2.24, 2.45) is 0 Å². The van der Waals surface area contributed by atoms with Crippen molar-refractivity contribution in [3.63, 3.8) is 0 Å². The highest BCUT2D eigenvalue weighted by Gasteiger charge is 2.21. The average molecular weight is 248 g/mol. The van der Waals surface area contributed by atoms with E-state index in [9.17, 15) is 0 Å².